The molecule has 1 N–H and O–H groups in total. The molecule has 1 aliphatic carbocycles. The molecule has 1 spiro atoms. The summed E-state index contributed by atoms with van der Waals surface area (Å²) in [7, 11) is 0. The molecule has 3 aromatic rings. The Bertz CT molecular complexity index is 1220. The molecule has 2 aliphatic rings. The first-order valence-corrected chi connectivity index (χ1v) is 12.6. The fraction of sp³-hybridized carbons (Fsp3) is 0.290. The van der Waals surface area contributed by atoms with Crippen LogP contribution in [0.15, 0.2) is 84.9 Å². The molecule has 0 atom stereocenters. The van der Waals surface area contributed by atoms with Gasteiger partial charge in [0.25, 0.3) is 0 Å². The van der Waals surface area contributed by atoms with Crippen LogP contribution in [-0.2, 0) is 17.8 Å². The Morgan fingerprint density at radius 3 is 2.19 bits per heavy atom. The number of carbonyl (C=O) groups excluding carboxylic acids is 1. The number of nitrogens with zero attached hydrogens (tertiary/aromatic N) is 1. The summed E-state index contributed by atoms with van der Waals surface area (Å²) in [6.07, 6.45) is 4.75. The third-order valence-electron chi connectivity index (χ3n) is 6.97. The number of rotatable bonds is 4. The van der Waals surface area contributed by atoms with E-state index >= 15 is 0 Å². The summed E-state index contributed by atoms with van der Waals surface area (Å²) < 4.78 is 5.54. The van der Waals surface area contributed by atoms with Crippen molar-refractivity contribution in [3.63, 3.8) is 0 Å². The van der Waals surface area contributed by atoms with Crippen LogP contribution in [0, 0.1) is 5.41 Å². The van der Waals surface area contributed by atoms with E-state index in [-0.39, 0.29) is 23.7 Å². The molecule has 0 radical (unpaired) electrons. The lowest BCUT2D eigenvalue weighted by Crippen LogP contribution is -2.44. The number of benzene rings is 3. The number of piperidine rings is 1. The van der Waals surface area contributed by atoms with Gasteiger partial charge in [-0.3, -0.25) is 0 Å². The molecule has 1 heterocycles. The lowest BCUT2D eigenvalue weighted by atomic mass is 9.67. The van der Waals surface area contributed by atoms with Crippen molar-refractivity contribution >= 4 is 17.6 Å². The summed E-state index contributed by atoms with van der Waals surface area (Å²) >= 11 is 0. The van der Waals surface area contributed by atoms with Crippen LogP contribution in [0.2, 0.25) is 0 Å². The highest BCUT2D eigenvalue weighted by Gasteiger charge is 2.38. The minimum absolute atomic E-state index is 0.0363. The molecular weight excluding hydrogens is 450 g/mol. The van der Waals surface area contributed by atoms with Gasteiger partial charge in [0.2, 0.25) is 0 Å². The van der Waals surface area contributed by atoms with Crippen molar-refractivity contribution in [1.29, 1.82) is 0 Å². The molecule has 0 bridgehead atoms. The third-order valence-corrected chi connectivity index (χ3v) is 6.97. The van der Waals surface area contributed by atoms with E-state index in [0.717, 1.165) is 36.0 Å². The van der Waals surface area contributed by atoms with Crippen molar-refractivity contribution in [2.75, 3.05) is 13.1 Å². The van der Waals surface area contributed by atoms with Crippen LogP contribution in [0.4, 0.5) is 4.79 Å². The van der Waals surface area contributed by atoms with Crippen LogP contribution in [-0.4, -0.2) is 35.2 Å². The van der Waals surface area contributed by atoms with Crippen LogP contribution in [0.3, 0.4) is 0 Å². The zero-order valence-electron chi connectivity index (χ0n) is 20.9. The highest BCUT2D eigenvalue weighted by Crippen LogP contribution is 2.45. The first-order chi connectivity index (χ1) is 17.5. The van der Waals surface area contributed by atoms with E-state index in [9.17, 15) is 14.7 Å². The summed E-state index contributed by atoms with van der Waals surface area (Å²) in [6.45, 7) is 5.58. The number of fused-ring (bicyclic) bond motifs is 1. The smallest absolute Gasteiger partial charge is 0.410 e. The van der Waals surface area contributed by atoms with Crippen molar-refractivity contribution in [3.8, 4) is 0 Å². The van der Waals surface area contributed by atoms with Crippen LogP contribution >= 0.6 is 0 Å². The Kier molecular flexibility index (Phi) is 7.89. The van der Waals surface area contributed by atoms with Gasteiger partial charge in [-0.05, 0) is 64.6 Å². The maximum atomic E-state index is 12.7. The second kappa shape index (κ2) is 11.3. The van der Waals surface area contributed by atoms with Crippen LogP contribution < -0.4 is 0 Å². The molecule has 0 aromatic heterocycles. The Labute approximate surface area is 213 Å². The Hall–Kier alpha value is -3.86. The number of amides is 1. The van der Waals surface area contributed by atoms with Crippen LogP contribution in [0.25, 0.3) is 5.57 Å². The molecule has 5 rings (SSSR count). The van der Waals surface area contributed by atoms with Gasteiger partial charge < -0.3 is 14.7 Å². The third kappa shape index (κ3) is 5.51. The average Bonchev–Trinajstić information content (AvgIpc) is 2.93. The van der Waals surface area contributed by atoms with Crippen molar-refractivity contribution in [2.24, 2.45) is 5.41 Å². The van der Waals surface area contributed by atoms with Gasteiger partial charge in [0.1, 0.15) is 6.61 Å². The summed E-state index contributed by atoms with van der Waals surface area (Å²) in [5.74, 6) is -0.924. The first kappa shape index (κ1) is 25.2. The first-order valence-electron chi connectivity index (χ1n) is 12.6. The summed E-state index contributed by atoms with van der Waals surface area (Å²) in [4.78, 5) is 25.7. The number of likely N-dealkylation sites (tertiary alicyclic amines) is 1. The number of allylic oxidation sites excluding steroid dienone is 1. The molecule has 3 aromatic carbocycles. The van der Waals surface area contributed by atoms with Crippen molar-refractivity contribution in [2.45, 2.75) is 39.7 Å². The topological polar surface area (TPSA) is 66.8 Å². The highest BCUT2D eigenvalue weighted by molar-refractivity contribution is 5.89. The molecule has 5 nitrogen and oxygen atoms in total. The summed E-state index contributed by atoms with van der Waals surface area (Å²) in [5, 5.41) is 9.26. The van der Waals surface area contributed by atoms with E-state index in [1.807, 2.05) is 67.3 Å². The van der Waals surface area contributed by atoms with Gasteiger partial charge in [-0.15, -0.1) is 0 Å². The van der Waals surface area contributed by atoms with Crippen LogP contribution in [0.1, 0.15) is 59.3 Å². The Morgan fingerprint density at radius 1 is 0.889 bits per heavy atom. The van der Waals surface area contributed by atoms with E-state index in [4.69, 9.17) is 4.74 Å². The number of carboxylic acids is 1. The fourth-order valence-corrected chi connectivity index (χ4v) is 5.05. The van der Waals surface area contributed by atoms with Gasteiger partial charge >= 0.3 is 12.1 Å². The minimum atomic E-state index is -0.924. The molecule has 0 unspecified atom stereocenters. The quantitative estimate of drug-likeness (QED) is 0.442. The molecule has 186 valence electrons. The number of aromatic carboxylic acids is 1. The monoisotopic (exact) mass is 483 g/mol. The highest BCUT2D eigenvalue weighted by atomic mass is 16.6. The predicted octanol–water partition coefficient (Wildman–Crippen LogP) is 6.82. The Balaban J connectivity index is 0.00000148. The van der Waals surface area contributed by atoms with Gasteiger partial charge in [-0.1, -0.05) is 86.7 Å². The second-order valence-electron chi connectivity index (χ2n) is 9.16. The molecule has 0 saturated carbocycles. The van der Waals surface area contributed by atoms with E-state index in [1.165, 1.54) is 11.1 Å². The normalized spacial score (nSPS) is 15.7. The molecule has 1 amide bonds. The number of carbonyl (C=O) groups is 2. The van der Waals surface area contributed by atoms with Crippen LogP contribution in [0.5, 0.6) is 0 Å². The summed E-state index contributed by atoms with van der Waals surface area (Å²) in [5.41, 5.74) is 5.87. The minimum Gasteiger partial charge on any atom is -0.478 e. The standard InChI is InChI=1S/C29H27NO4.C2H6/c31-27(32)23-12-10-22(11-13-23)26-19-29(18-24-8-4-5-9-25(24)26)14-16-30(17-15-29)28(33)34-20-21-6-2-1-3-7-21;1-2/h1-13,19H,14-18,20H2,(H,31,32);1-2H3. The van der Waals surface area contributed by atoms with E-state index in [2.05, 4.69) is 24.3 Å². The van der Waals surface area contributed by atoms with E-state index < -0.39 is 5.97 Å². The number of hydrogen-bond acceptors (Lipinski definition) is 3. The SMILES string of the molecule is CC.O=C(O)c1ccc(C2=CC3(CCN(C(=O)OCc4ccccc4)CC3)Cc3ccccc32)cc1. The molecule has 1 aliphatic heterocycles. The average molecular weight is 484 g/mol. The number of hydrogen-bond donors (Lipinski definition) is 1. The molecule has 5 heteroatoms. The molecule has 1 saturated heterocycles. The zero-order chi connectivity index (χ0) is 25.5. The largest absolute Gasteiger partial charge is 0.478 e. The van der Waals surface area contributed by atoms with E-state index in [0.29, 0.717) is 13.1 Å². The summed E-state index contributed by atoms with van der Waals surface area (Å²) in [6, 6.07) is 25.2. The van der Waals surface area contributed by atoms with Gasteiger partial charge in [0.15, 0.2) is 0 Å². The van der Waals surface area contributed by atoms with Crippen molar-refractivity contribution in [3.05, 3.63) is 113 Å². The fourth-order valence-electron chi connectivity index (χ4n) is 5.05. The lowest BCUT2D eigenvalue weighted by Gasteiger charge is -2.43. The molecule has 1 fully saturated rings. The maximum Gasteiger partial charge on any atom is 0.410 e. The van der Waals surface area contributed by atoms with Gasteiger partial charge in [0, 0.05) is 13.1 Å². The zero-order valence-corrected chi connectivity index (χ0v) is 20.9. The second-order valence-corrected chi connectivity index (χ2v) is 9.16. The number of ether oxygens (including phenoxy) is 1. The molecule has 36 heavy (non-hydrogen) atoms. The van der Waals surface area contributed by atoms with Gasteiger partial charge in [0.05, 0.1) is 5.56 Å². The van der Waals surface area contributed by atoms with Crippen molar-refractivity contribution < 1.29 is 19.4 Å². The number of carboxylic acid groups (broad SMARTS) is 1. The van der Waals surface area contributed by atoms with E-state index in [1.54, 1.807) is 12.1 Å². The Morgan fingerprint density at radius 2 is 1.53 bits per heavy atom. The van der Waals surface area contributed by atoms with Gasteiger partial charge in [-0.25, -0.2) is 9.59 Å². The molecular formula is C31H33NO4. The van der Waals surface area contributed by atoms with Gasteiger partial charge in [-0.2, -0.15) is 0 Å². The van der Waals surface area contributed by atoms with Crippen molar-refractivity contribution in [1.82, 2.24) is 4.90 Å². The lowest BCUT2D eigenvalue weighted by molar-refractivity contribution is 0.0694. The maximum absolute atomic E-state index is 12.7. The predicted molar refractivity (Wildman–Crippen MR) is 142 cm³/mol.